The predicted molar refractivity (Wildman–Crippen MR) is 52.9 cm³/mol. The van der Waals surface area contributed by atoms with Crippen LogP contribution < -0.4 is 5.32 Å². The van der Waals surface area contributed by atoms with Crippen LogP contribution in [-0.4, -0.2) is 36.9 Å². The van der Waals surface area contributed by atoms with E-state index in [9.17, 15) is 4.79 Å². The van der Waals surface area contributed by atoms with Crippen LogP contribution in [0, 0.1) is 5.92 Å². The van der Waals surface area contributed by atoms with Gasteiger partial charge < -0.3 is 15.2 Å². The maximum Gasteiger partial charge on any atom is 0.249 e. The molecule has 1 aliphatic heterocycles. The zero-order chi connectivity index (χ0) is 10.4. The summed E-state index contributed by atoms with van der Waals surface area (Å²) < 4.78 is 5.25. The summed E-state index contributed by atoms with van der Waals surface area (Å²) >= 11 is 0. The second kappa shape index (κ2) is 5.98. The van der Waals surface area contributed by atoms with E-state index >= 15 is 0 Å². The lowest BCUT2D eigenvalue weighted by molar-refractivity contribution is -0.130. The van der Waals surface area contributed by atoms with Gasteiger partial charge >= 0.3 is 0 Å². The largest absolute Gasteiger partial charge is 0.396 e. The van der Waals surface area contributed by atoms with Crippen LogP contribution in [-0.2, 0) is 9.53 Å². The van der Waals surface area contributed by atoms with Gasteiger partial charge in [0.25, 0.3) is 0 Å². The van der Waals surface area contributed by atoms with Gasteiger partial charge in [-0.25, -0.2) is 0 Å². The minimum atomic E-state index is -0.240. The Labute approximate surface area is 84.6 Å². The molecular formula is C10H19NO3. The zero-order valence-corrected chi connectivity index (χ0v) is 8.66. The van der Waals surface area contributed by atoms with Gasteiger partial charge in [0, 0.05) is 19.8 Å². The fourth-order valence-electron chi connectivity index (χ4n) is 1.50. The fraction of sp³-hybridized carbons (Fsp3) is 0.900. The van der Waals surface area contributed by atoms with Crippen LogP contribution in [0.4, 0.5) is 0 Å². The van der Waals surface area contributed by atoms with E-state index in [0.717, 1.165) is 19.3 Å². The Hall–Kier alpha value is -0.610. The number of nitrogens with one attached hydrogen (secondary N) is 1. The summed E-state index contributed by atoms with van der Waals surface area (Å²) in [6, 6.07) is 0. The minimum absolute atomic E-state index is 0.00714. The minimum Gasteiger partial charge on any atom is -0.396 e. The van der Waals surface area contributed by atoms with Gasteiger partial charge in [0.05, 0.1) is 0 Å². The fourth-order valence-corrected chi connectivity index (χ4v) is 1.50. The Morgan fingerprint density at radius 2 is 2.50 bits per heavy atom. The highest BCUT2D eigenvalue weighted by Crippen LogP contribution is 2.11. The van der Waals surface area contributed by atoms with Crippen molar-refractivity contribution < 1.29 is 14.6 Å². The summed E-state index contributed by atoms with van der Waals surface area (Å²) in [4.78, 5) is 11.5. The van der Waals surface area contributed by atoms with Gasteiger partial charge in [-0.1, -0.05) is 6.92 Å². The average Bonchev–Trinajstić information content (AvgIpc) is 2.67. The molecule has 1 aliphatic rings. The normalized spacial score (nSPS) is 23.4. The zero-order valence-electron chi connectivity index (χ0n) is 8.66. The molecule has 0 saturated carbocycles. The molecule has 82 valence electrons. The first-order valence-corrected chi connectivity index (χ1v) is 5.24. The van der Waals surface area contributed by atoms with Crippen molar-refractivity contribution in [1.29, 1.82) is 0 Å². The van der Waals surface area contributed by atoms with Crippen molar-refractivity contribution in [1.82, 2.24) is 5.32 Å². The van der Waals surface area contributed by atoms with E-state index in [1.54, 1.807) is 0 Å². The van der Waals surface area contributed by atoms with Gasteiger partial charge in [-0.15, -0.1) is 0 Å². The number of carbonyl (C=O) groups excluding carboxylic acids is 1. The molecule has 4 heteroatoms. The Morgan fingerprint density at radius 1 is 1.71 bits per heavy atom. The molecule has 1 amide bonds. The van der Waals surface area contributed by atoms with Crippen LogP contribution >= 0.6 is 0 Å². The second-order valence-corrected chi connectivity index (χ2v) is 3.86. The third kappa shape index (κ3) is 3.64. The number of aliphatic hydroxyl groups is 1. The first kappa shape index (κ1) is 11.5. The highest BCUT2D eigenvalue weighted by Gasteiger charge is 2.23. The van der Waals surface area contributed by atoms with Crippen LogP contribution in [0.15, 0.2) is 0 Å². The van der Waals surface area contributed by atoms with Crippen molar-refractivity contribution in [3.05, 3.63) is 0 Å². The van der Waals surface area contributed by atoms with Crippen molar-refractivity contribution in [2.75, 3.05) is 19.8 Å². The molecule has 14 heavy (non-hydrogen) atoms. The third-order valence-corrected chi connectivity index (χ3v) is 2.47. The maximum absolute atomic E-state index is 11.5. The van der Waals surface area contributed by atoms with Gasteiger partial charge in [-0.05, 0) is 25.2 Å². The third-order valence-electron chi connectivity index (χ3n) is 2.47. The number of aliphatic hydroxyl groups excluding tert-OH is 1. The predicted octanol–water partition coefficient (Wildman–Crippen LogP) is 0.300. The number of hydrogen-bond acceptors (Lipinski definition) is 3. The summed E-state index contributed by atoms with van der Waals surface area (Å²) in [7, 11) is 0. The number of carbonyl (C=O) groups is 1. The molecule has 1 rings (SSSR count). The molecule has 4 nitrogen and oxygen atoms in total. The smallest absolute Gasteiger partial charge is 0.249 e. The Bertz CT molecular complexity index is 178. The highest BCUT2D eigenvalue weighted by atomic mass is 16.5. The van der Waals surface area contributed by atoms with Crippen molar-refractivity contribution in [2.24, 2.45) is 5.92 Å². The molecule has 0 aromatic rings. The summed E-state index contributed by atoms with van der Waals surface area (Å²) in [5, 5.41) is 11.5. The number of amides is 1. The van der Waals surface area contributed by atoms with Crippen LogP contribution in [0.25, 0.3) is 0 Å². The van der Waals surface area contributed by atoms with E-state index in [4.69, 9.17) is 9.84 Å². The first-order chi connectivity index (χ1) is 6.74. The molecular weight excluding hydrogens is 182 g/mol. The lowest BCUT2D eigenvalue weighted by atomic mass is 10.1. The van der Waals surface area contributed by atoms with Crippen molar-refractivity contribution >= 4 is 5.91 Å². The van der Waals surface area contributed by atoms with Crippen molar-refractivity contribution in [3.63, 3.8) is 0 Å². The summed E-state index contributed by atoms with van der Waals surface area (Å²) in [6.07, 6.45) is 2.30. The Kier molecular flexibility index (Phi) is 4.90. The monoisotopic (exact) mass is 201 g/mol. The van der Waals surface area contributed by atoms with E-state index in [1.165, 1.54) is 0 Å². The molecule has 1 saturated heterocycles. The Balaban J connectivity index is 2.13. The highest BCUT2D eigenvalue weighted by molar-refractivity contribution is 5.80. The molecule has 1 unspecified atom stereocenters. The number of hydrogen-bond donors (Lipinski definition) is 2. The van der Waals surface area contributed by atoms with Crippen molar-refractivity contribution in [2.45, 2.75) is 32.3 Å². The number of rotatable bonds is 5. The van der Waals surface area contributed by atoms with E-state index in [2.05, 4.69) is 5.32 Å². The van der Waals surface area contributed by atoms with Gasteiger partial charge in [0.1, 0.15) is 6.10 Å². The topological polar surface area (TPSA) is 58.6 Å². The van der Waals surface area contributed by atoms with Crippen molar-refractivity contribution in [3.8, 4) is 0 Å². The molecule has 0 spiro atoms. The van der Waals surface area contributed by atoms with Gasteiger partial charge in [0.15, 0.2) is 0 Å². The van der Waals surface area contributed by atoms with Crippen LogP contribution in [0.2, 0.25) is 0 Å². The summed E-state index contributed by atoms with van der Waals surface area (Å²) in [6.45, 7) is 3.51. The summed E-state index contributed by atoms with van der Waals surface area (Å²) in [5.41, 5.74) is 0. The maximum atomic E-state index is 11.5. The molecule has 0 aromatic heterocycles. The summed E-state index contributed by atoms with van der Waals surface area (Å²) in [5.74, 6) is 0.317. The van der Waals surface area contributed by atoms with Crippen LogP contribution in [0.1, 0.15) is 26.2 Å². The lowest BCUT2D eigenvalue weighted by Crippen LogP contribution is -2.36. The quantitative estimate of drug-likeness (QED) is 0.672. The van der Waals surface area contributed by atoms with Gasteiger partial charge in [-0.2, -0.15) is 0 Å². The number of ether oxygens (including phenoxy) is 1. The van der Waals surface area contributed by atoms with E-state index in [0.29, 0.717) is 19.1 Å². The molecule has 1 heterocycles. The molecule has 0 aliphatic carbocycles. The van der Waals surface area contributed by atoms with Crippen LogP contribution in [0.5, 0.6) is 0 Å². The van der Waals surface area contributed by atoms with E-state index in [1.807, 2.05) is 6.92 Å². The Morgan fingerprint density at radius 3 is 3.07 bits per heavy atom. The standard InChI is InChI=1S/C10H19NO3/c1-8(4-5-12)7-11-10(13)9-3-2-6-14-9/h8-9,12H,2-7H2,1H3,(H,11,13)/t8?,9-/m0/s1. The van der Waals surface area contributed by atoms with E-state index in [-0.39, 0.29) is 18.6 Å². The average molecular weight is 201 g/mol. The lowest BCUT2D eigenvalue weighted by Gasteiger charge is -2.13. The second-order valence-electron chi connectivity index (χ2n) is 3.86. The molecule has 0 aromatic carbocycles. The molecule has 2 N–H and O–H groups in total. The molecule has 0 bridgehead atoms. The van der Waals surface area contributed by atoms with Gasteiger partial charge in [-0.3, -0.25) is 4.79 Å². The SMILES string of the molecule is CC(CCO)CNC(=O)[C@@H]1CCCO1. The van der Waals surface area contributed by atoms with Crippen LogP contribution in [0.3, 0.4) is 0 Å². The van der Waals surface area contributed by atoms with Gasteiger partial charge in [0.2, 0.25) is 5.91 Å². The first-order valence-electron chi connectivity index (χ1n) is 5.24. The molecule has 0 radical (unpaired) electrons. The molecule has 2 atom stereocenters. The van der Waals surface area contributed by atoms with E-state index < -0.39 is 0 Å². The molecule has 1 fully saturated rings.